The van der Waals surface area contributed by atoms with Crippen molar-refractivity contribution in [3.8, 4) is 5.75 Å². The van der Waals surface area contributed by atoms with Gasteiger partial charge in [-0.2, -0.15) is 0 Å². The van der Waals surface area contributed by atoms with Crippen LogP contribution in [-0.2, 0) is 19.1 Å². The van der Waals surface area contributed by atoms with Crippen LogP contribution in [0.2, 0.25) is 0 Å². The van der Waals surface area contributed by atoms with Gasteiger partial charge in [0, 0.05) is 11.7 Å². The number of aliphatic hydroxyl groups is 1. The van der Waals surface area contributed by atoms with E-state index in [1.807, 2.05) is 20.8 Å². The lowest BCUT2D eigenvalue weighted by Gasteiger charge is -2.36. The van der Waals surface area contributed by atoms with E-state index in [9.17, 15) is 19.5 Å². The van der Waals surface area contributed by atoms with Gasteiger partial charge in [-0.1, -0.05) is 13.3 Å². The van der Waals surface area contributed by atoms with Crippen LogP contribution in [0.5, 0.6) is 5.75 Å². The number of hydrogen-bond donors (Lipinski definition) is 3. The molecule has 3 N–H and O–H groups in total. The fraction of sp³-hybridized carbons (Fsp3) is 0.654. The van der Waals surface area contributed by atoms with E-state index in [1.165, 1.54) is 4.90 Å². The molecule has 3 aliphatic heterocycles. The zero-order chi connectivity index (χ0) is 25.3. The van der Waals surface area contributed by atoms with Crippen molar-refractivity contribution in [2.75, 3.05) is 18.5 Å². The third kappa shape index (κ3) is 4.40. The van der Waals surface area contributed by atoms with Crippen LogP contribution in [0.1, 0.15) is 53.4 Å². The maximum absolute atomic E-state index is 13.7. The van der Waals surface area contributed by atoms with E-state index < -0.39 is 35.6 Å². The Balaban J connectivity index is 1.60. The summed E-state index contributed by atoms with van der Waals surface area (Å²) < 4.78 is 11.8. The minimum Gasteiger partial charge on any atom is -0.494 e. The minimum atomic E-state index is -1.07. The second kappa shape index (κ2) is 10.1. The molecule has 0 radical (unpaired) electrons. The molecule has 7 atom stereocenters. The number of likely N-dealkylation sites (tertiary alicyclic amines) is 1. The summed E-state index contributed by atoms with van der Waals surface area (Å²) in [6.07, 6.45) is 2.43. The number of benzene rings is 1. The highest BCUT2D eigenvalue weighted by molar-refractivity contribution is 6.02. The summed E-state index contributed by atoms with van der Waals surface area (Å²) in [6, 6.07) is 5.57. The van der Waals surface area contributed by atoms with Crippen molar-refractivity contribution < 1.29 is 29.0 Å². The fourth-order valence-corrected chi connectivity index (χ4v) is 6.11. The standard InChI is InChI=1S/C26H37N3O6/c1-5-7-15(3)27-24(32)22-26-13-12-19(35-26)20(21(26)25(33)29(22)16(4)14-30)23(31)28-17-8-10-18(11-9-17)34-6-2/h8-11,15-16,19-22,30H,5-7,12-14H2,1-4H3,(H,27,32)(H,28,31)/t15?,16-,19+,20-,21+,22?,26?/m1/s1. The molecule has 1 spiro atoms. The van der Waals surface area contributed by atoms with Crippen LogP contribution in [0.4, 0.5) is 5.69 Å². The average molecular weight is 488 g/mol. The van der Waals surface area contributed by atoms with E-state index in [-0.39, 0.29) is 30.4 Å². The van der Waals surface area contributed by atoms with Gasteiger partial charge in [0.05, 0.1) is 37.2 Å². The van der Waals surface area contributed by atoms with Crippen molar-refractivity contribution in [3.05, 3.63) is 24.3 Å². The van der Waals surface area contributed by atoms with E-state index in [0.29, 0.717) is 30.9 Å². The Morgan fingerprint density at radius 2 is 1.94 bits per heavy atom. The first-order valence-corrected chi connectivity index (χ1v) is 12.7. The van der Waals surface area contributed by atoms with Crippen molar-refractivity contribution in [2.45, 2.75) is 83.2 Å². The largest absolute Gasteiger partial charge is 0.494 e. The quantitative estimate of drug-likeness (QED) is 0.465. The molecule has 35 heavy (non-hydrogen) atoms. The Morgan fingerprint density at radius 3 is 2.57 bits per heavy atom. The van der Waals surface area contributed by atoms with Crippen LogP contribution in [0.25, 0.3) is 0 Å². The van der Waals surface area contributed by atoms with Crippen molar-refractivity contribution in [3.63, 3.8) is 0 Å². The number of carbonyl (C=O) groups excluding carboxylic acids is 3. The van der Waals surface area contributed by atoms with E-state index in [4.69, 9.17) is 9.47 Å². The molecule has 3 aliphatic rings. The third-order valence-electron chi connectivity index (χ3n) is 7.57. The molecule has 192 valence electrons. The Labute approximate surface area is 206 Å². The summed E-state index contributed by atoms with van der Waals surface area (Å²) in [6.45, 7) is 7.87. The molecule has 3 heterocycles. The number of anilines is 1. The van der Waals surface area contributed by atoms with Gasteiger partial charge in [-0.25, -0.2) is 0 Å². The Kier molecular flexibility index (Phi) is 7.38. The van der Waals surface area contributed by atoms with Crippen LogP contribution < -0.4 is 15.4 Å². The number of amides is 3. The molecule has 0 saturated carbocycles. The molecule has 2 bridgehead atoms. The van der Waals surface area contributed by atoms with Gasteiger partial charge in [0.15, 0.2) is 0 Å². The van der Waals surface area contributed by atoms with Gasteiger partial charge in [0.25, 0.3) is 0 Å². The number of nitrogens with zero attached hydrogens (tertiary/aromatic N) is 1. The summed E-state index contributed by atoms with van der Waals surface area (Å²) in [7, 11) is 0. The predicted molar refractivity (Wildman–Crippen MR) is 130 cm³/mol. The number of fused-ring (bicyclic) bond motifs is 1. The van der Waals surface area contributed by atoms with Crippen molar-refractivity contribution in [1.29, 1.82) is 0 Å². The van der Waals surface area contributed by atoms with Gasteiger partial charge in [-0.3, -0.25) is 14.4 Å². The molecule has 9 heteroatoms. The second-order valence-corrected chi connectivity index (χ2v) is 9.98. The monoisotopic (exact) mass is 487 g/mol. The third-order valence-corrected chi connectivity index (χ3v) is 7.57. The Hall–Kier alpha value is -2.65. The van der Waals surface area contributed by atoms with Gasteiger partial charge in [0.2, 0.25) is 17.7 Å². The normalized spacial score (nSPS) is 30.7. The molecule has 1 aromatic carbocycles. The molecular weight excluding hydrogens is 450 g/mol. The summed E-state index contributed by atoms with van der Waals surface area (Å²) in [5, 5.41) is 15.8. The summed E-state index contributed by atoms with van der Waals surface area (Å²) in [5.41, 5.74) is -0.467. The average Bonchev–Trinajstić information content (AvgIpc) is 3.47. The van der Waals surface area contributed by atoms with Crippen LogP contribution in [0.3, 0.4) is 0 Å². The lowest BCUT2D eigenvalue weighted by Crippen LogP contribution is -2.58. The van der Waals surface area contributed by atoms with E-state index in [2.05, 4.69) is 10.6 Å². The lowest BCUT2D eigenvalue weighted by molar-refractivity contribution is -0.144. The van der Waals surface area contributed by atoms with Gasteiger partial charge in [0.1, 0.15) is 17.4 Å². The van der Waals surface area contributed by atoms with Gasteiger partial charge < -0.3 is 30.1 Å². The van der Waals surface area contributed by atoms with E-state index >= 15 is 0 Å². The minimum absolute atomic E-state index is 0.0540. The molecule has 3 saturated heterocycles. The maximum atomic E-state index is 13.7. The number of rotatable bonds is 10. The Morgan fingerprint density at radius 1 is 1.23 bits per heavy atom. The zero-order valence-corrected chi connectivity index (χ0v) is 21.0. The topological polar surface area (TPSA) is 117 Å². The molecule has 0 aromatic heterocycles. The van der Waals surface area contributed by atoms with Crippen molar-refractivity contribution >= 4 is 23.4 Å². The van der Waals surface area contributed by atoms with Crippen molar-refractivity contribution in [1.82, 2.24) is 10.2 Å². The number of carbonyl (C=O) groups is 3. The molecule has 0 aliphatic carbocycles. The highest BCUT2D eigenvalue weighted by Gasteiger charge is 2.74. The number of aliphatic hydroxyl groups excluding tert-OH is 1. The summed E-state index contributed by atoms with van der Waals surface area (Å²) in [4.78, 5) is 42.1. The molecule has 3 unspecified atom stereocenters. The first-order valence-electron chi connectivity index (χ1n) is 12.7. The lowest BCUT2D eigenvalue weighted by atomic mass is 9.70. The van der Waals surface area contributed by atoms with Gasteiger partial charge >= 0.3 is 0 Å². The van der Waals surface area contributed by atoms with Crippen LogP contribution >= 0.6 is 0 Å². The molecular formula is C26H37N3O6. The number of ether oxygens (including phenoxy) is 2. The first kappa shape index (κ1) is 25.4. The van der Waals surface area contributed by atoms with Crippen LogP contribution in [0, 0.1) is 11.8 Å². The smallest absolute Gasteiger partial charge is 0.246 e. The first-order chi connectivity index (χ1) is 16.8. The van der Waals surface area contributed by atoms with Crippen LogP contribution in [0.15, 0.2) is 24.3 Å². The van der Waals surface area contributed by atoms with Gasteiger partial charge in [-0.05, 0) is 64.3 Å². The van der Waals surface area contributed by atoms with E-state index in [1.54, 1.807) is 31.2 Å². The Bertz CT molecular complexity index is 953. The molecule has 3 amide bonds. The highest BCUT2D eigenvalue weighted by Crippen LogP contribution is 2.58. The number of nitrogens with one attached hydrogen (secondary N) is 2. The molecule has 1 aromatic rings. The molecule has 3 fully saturated rings. The molecule has 9 nitrogen and oxygen atoms in total. The zero-order valence-electron chi connectivity index (χ0n) is 21.0. The number of hydrogen-bond acceptors (Lipinski definition) is 6. The van der Waals surface area contributed by atoms with Crippen LogP contribution in [-0.4, -0.2) is 70.8 Å². The van der Waals surface area contributed by atoms with E-state index in [0.717, 1.165) is 12.8 Å². The highest BCUT2D eigenvalue weighted by atomic mass is 16.5. The van der Waals surface area contributed by atoms with Gasteiger partial charge in [-0.15, -0.1) is 0 Å². The fourth-order valence-electron chi connectivity index (χ4n) is 6.11. The SMILES string of the molecule is CCCC(C)NC(=O)C1N([C@H](C)CO)C(=O)[C@@H]2[C@H](C(=O)Nc3ccc(OCC)cc3)[C@@H]3CCC12O3. The molecule has 4 rings (SSSR count). The summed E-state index contributed by atoms with van der Waals surface area (Å²) in [5.74, 6) is -1.65. The summed E-state index contributed by atoms with van der Waals surface area (Å²) >= 11 is 0. The predicted octanol–water partition coefficient (Wildman–Crippen LogP) is 2.08. The second-order valence-electron chi connectivity index (χ2n) is 9.98. The van der Waals surface area contributed by atoms with Crippen molar-refractivity contribution in [2.24, 2.45) is 11.8 Å². The maximum Gasteiger partial charge on any atom is 0.246 e.